The van der Waals surface area contributed by atoms with Crippen LogP contribution in [0.25, 0.3) is 0 Å². The molecule has 0 spiro atoms. The molecule has 0 atom stereocenters. The molecule has 2 aliphatic rings. The van der Waals surface area contributed by atoms with Gasteiger partial charge in [-0.2, -0.15) is 0 Å². The standard InChI is InChI=1S/C19H26N2O2/c22-18(13-6-14-4-2-1-3-5-14)20-16-9-11-17(12-10-16)21-19(23)15-7-8-15/h9-12,14-15H,1-8,13H2,(H,20,22)(H,21,23). The molecule has 2 aliphatic carbocycles. The molecule has 4 heteroatoms. The molecule has 0 aromatic heterocycles. The zero-order valence-electron chi connectivity index (χ0n) is 13.6. The molecule has 124 valence electrons. The summed E-state index contributed by atoms with van der Waals surface area (Å²) >= 11 is 0. The monoisotopic (exact) mass is 314 g/mol. The van der Waals surface area contributed by atoms with E-state index >= 15 is 0 Å². The summed E-state index contributed by atoms with van der Waals surface area (Å²) in [5.41, 5.74) is 1.59. The van der Waals surface area contributed by atoms with Crippen molar-refractivity contribution in [2.24, 2.45) is 11.8 Å². The van der Waals surface area contributed by atoms with Gasteiger partial charge in [0.15, 0.2) is 0 Å². The molecule has 2 amide bonds. The summed E-state index contributed by atoms with van der Waals surface area (Å²) in [6, 6.07) is 7.39. The Morgan fingerprint density at radius 1 is 0.870 bits per heavy atom. The molecule has 0 heterocycles. The minimum absolute atomic E-state index is 0.0883. The van der Waals surface area contributed by atoms with Crippen LogP contribution < -0.4 is 10.6 Å². The number of hydrogen-bond acceptors (Lipinski definition) is 2. The first-order valence-electron chi connectivity index (χ1n) is 8.91. The van der Waals surface area contributed by atoms with E-state index in [0.717, 1.165) is 36.6 Å². The average Bonchev–Trinajstić information content (AvgIpc) is 3.41. The van der Waals surface area contributed by atoms with Crippen LogP contribution in [-0.4, -0.2) is 11.8 Å². The summed E-state index contributed by atoms with van der Waals surface area (Å²) in [5.74, 6) is 1.13. The predicted molar refractivity (Wildman–Crippen MR) is 92.2 cm³/mol. The number of rotatable bonds is 6. The van der Waals surface area contributed by atoms with Gasteiger partial charge >= 0.3 is 0 Å². The highest BCUT2D eigenvalue weighted by Gasteiger charge is 2.29. The van der Waals surface area contributed by atoms with Crippen molar-refractivity contribution in [2.75, 3.05) is 10.6 Å². The van der Waals surface area contributed by atoms with Gasteiger partial charge in [-0.15, -0.1) is 0 Å². The SMILES string of the molecule is O=C(CCC1CCCCC1)Nc1ccc(NC(=O)C2CC2)cc1. The second kappa shape index (κ2) is 7.62. The Morgan fingerprint density at radius 3 is 2.09 bits per heavy atom. The van der Waals surface area contributed by atoms with Crippen molar-refractivity contribution in [2.45, 2.75) is 57.8 Å². The molecule has 3 rings (SSSR count). The van der Waals surface area contributed by atoms with Crippen LogP contribution in [0.3, 0.4) is 0 Å². The molecule has 2 N–H and O–H groups in total. The summed E-state index contributed by atoms with van der Waals surface area (Å²) in [6.07, 6.45) is 10.2. The van der Waals surface area contributed by atoms with E-state index in [1.54, 1.807) is 0 Å². The third kappa shape index (κ3) is 5.08. The minimum atomic E-state index is 0.0883. The predicted octanol–water partition coefficient (Wildman–Crippen LogP) is 4.33. The Hall–Kier alpha value is -1.84. The molecule has 1 aromatic rings. The average molecular weight is 314 g/mol. The lowest BCUT2D eigenvalue weighted by molar-refractivity contribution is -0.117. The van der Waals surface area contributed by atoms with Crippen molar-refractivity contribution in [1.29, 1.82) is 0 Å². The van der Waals surface area contributed by atoms with Crippen molar-refractivity contribution < 1.29 is 9.59 Å². The maximum absolute atomic E-state index is 12.0. The molecule has 2 fully saturated rings. The van der Waals surface area contributed by atoms with Crippen molar-refractivity contribution in [3.8, 4) is 0 Å². The summed E-state index contributed by atoms with van der Waals surface area (Å²) < 4.78 is 0. The van der Waals surface area contributed by atoms with Gasteiger partial charge in [0, 0.05) is 23.7 Å². The maximum atomic E-state index is 12.0. The summed E-state index contributed by atoms with van der Waals surface area (Å²) in [6.45, 7) is 0. The van der Waals surface area contributed by atoms with Gasteiger partial charge in [0.25, 0.3) is 0 Å². The van der Waals surface area contributed by atoms with Crippen LogP contribution in [0, 0.1) is 11.8 Å². The fraction of sp³-hybridized carbons (Fsp3) is 0.579. The highest BCUT2D eigenvalue weighted by molar-refractivity contribution is 5.95. The van der Waals surface area contributed by atoms with E-state index < -0.39 is 0 Å². The van der Waals surface area contributed by atoms with Crippen LogP contribution in [0.5, 0.6) is 0 Å². The number of nitrogens with one attached hydrogen (secondary N) is 2. The molecule has 0 saturated heterocycles. The van der Waals surface area contributed by atoms with Crippen LogP contribution in [0.1, 0.15) is 57.8 Å². The van der Waals surface area contributed by atoms with Gasteiger partial charge in [0.1, 0.15) is 0 Å². The molecule has 2 saturated carbocycles. The van der Waals surface area contributed by atoms with E-state index in [4.69, 9.17) is 0 Å². The topological polar surface area (TPSA) is 58.2 Å². The molecular formula is C19H26N2O2. The summed E-state index contributed by atoms with van der Waals surface area (Å²) in [7, 11) is 0. The fourth-order valence-corrected chi connectivity index (χ4v) is 3.26. The van der Waals surface area contributed by atoms with Crippen LogP contribution in [-0.2, 0) is 9.59 Å². The Morgan fingerprint density at radius 2 is 1.48 bits per heavy atom. The molecule has 1 aromatic carbocycles. The second-order valence-electron chi connectivity index (χ2n) is 6.93. The first-order valence-corrected chi connectivity index (χ1v) is 8.91. The number of anilines is 2. The van der Waals surface area contributed by atoms with Crippen LogP contribution >= 0.6 is 0 Å². The summed E-state index contributed by atoms with van der Waals surface area (Å²) in [4.78, 5) is 23.7. The zero-order chi connectivity index (χ0) is 16.1. The maximum Gasteiger partial charge on any atom is 0.227 e. The third-order valence-electron chi connectivity index (χ3n) is 4.89. The lowest BCUT2D eigenvalue weighted by Crippen LogP contribution is -2.15. The highest BCUT2D eigenvalue weighted by Crippen LogP contribution is 2.30. The van der Waals surface area contributed by atoms with Gasteiger partial charge in [-0.3, -0.25) is 9.59 Å². The largest absolute Gasteiger partial charge is 0.326 e. The van der Waals surface area contributed by atoms with Gasteiger partial charge in [-0.05, 0) is 49.4 Å². The van der Waals surface area contributed by atoms with Crippen molar-refractivity contribution in [3.63, 3.8) is 0 Å². The van der Waals surface area contributed by atoms with Gasteiger partial charge < -0.3 is 10.6 Å². The van der Waals surface area contributed by atoms with E-state index in [1.807, 2.05) is 24.3 Å². The normalized spacial score (nSPS) is 18.4. The van der Waals surface area contributed by atoms with Gasteiger partial charge in [0.05, 0.1) is 0 Å². The summed E-state index contributed by atoms with van der Waals surface area (Å²) in [5, 5.41) is 5.85. The molecule has 0 unspecified atom stereocenters. The molecule has 0 bridgehead atoms. The Balaban J connectivity index is 1.41. The number of carbonyl (C=O) groups excluding carboxylic acids is 2. The Kier molecular flexibility index (Phi) is 5.31. The third-order valence-corrected chi connectivity index (χ3v) is 4.89. The van der Waals surface area contributed by atoms with Crippen LogP contribution in [0.15, 0.2) is 24.3 Å². The molecule has 4 nitrogen and oxygen atoms in total. The quantitative estimate of drug-likeness (QED) is 0.821. The van der Waals surface area contributed by atoms with E-state index in [0.29, 0.717) is 6.42 Å². The number of hydrogen-bond donors (Lipinski definition) is 2. The van der Waals surface area contributed by atoms with Gasteiger partial charge in [-0.25, -0.2) is 0 Å². The Labute approximate surface area is 138 Å². The fourth-order valence-electron chi connectivity index (χ4n) is 3.26. The van der Waals surface area contributed by atoms with Crippen molar-refractivity contribution in [3.05, 3.63) is 24.3 Å². The van der Waals surface area contributed by atoms with Crippen LogP contribution in [0.2, 0.25) is 0 Å². The second-order valence-corrected chi connectivity index (χ2v) is 6.93. The lowest BCUT2D eigenvalue weighted by Gasteiger charge is -2.21. The first kappa shape index (κ1) is 16.0. The first-order chi connectivity index (χ1) is 11.2. The van der Waals surface area contributed by atoms with Crippen LogP contribution in [0.4, 0.5) is 11.4 Å². The van der Waals surface area contributed by atoms with E-state index in [1.165, 1.54) is 32.1 Å². The molecule has 0 radical (unpaired) electrons. The van der Waals surface area contributed by atoms with E-state index in [9.17, 15) is 9.59 Å². The van der Waals surface area contributed by atoms with Gasteiger partial charge in [0.2, 0.25) is 11.8 Å². The van der Waals surface area contributed by atoms with E-state index in [-0.39, 0.29) is 17.7 Å². The van der Waals surface area contributed by atoms with E-state index in [2.05, 4.69) is 10.6 Å². The van der Waals surface area contributed by atoms with Gasteiger partial charge in [-0.1, -0.05) is 32.1 Å². The van der Waals surface area contributed by atoms with Crippen molar-refractivity contribution in [1.82, 2.24) is 0 Å². The highest BCUT2D eigenvalue weighted by atomic mass is 16.2. The van der Waals surface area contributed by atoms with Crippen molar-refractivity contribution >= 4 is 23.2 Å². The smallest absolute Gasteiger partial charge is 0.227 e. The minimum Gasteiger partial charge on any atom is -0.326 e. The lowest BCUT2D eigenvalue weighted by atomic mass is 9.86. The number of carbonyl (C=O) groups is 2. The molecular weight excluding hydrogens is 288 g/mol. The number of amides is 2. The molecule has 0 aliphatic heterocycles. The zero-order valence-corrected chi connectivity index (χ0v) is 13.6. The number of benzene rings is 1. The Bertz CT molecular complexity index is 543. The molecule has 23 heavy (non-hydrogen) atoms.